The molecule has 1 aromatic rings. The van der Waals surface area contributed by atoms with E-state index >= 15 is 0 Å². The molecule has 0 radical (unpaired) electrons. The van der Waals surface area contributed by atoms with E-state index in [1.807, 2.05) is 36.6 Å². The van der Waals surface area contributed by atoms with Crippen LogP contribution in [0.3, 0.4) is 0 Å². The third kappa shape index (κ3) is 3.97. The van der Waals surface area contributed by atoms with Crippen LogP contribution in [-0.4, -0.2) is 18.7 Å². The van der Waals surface area contributed by atoms with Crippen LogP contribution in [-0.2, 0) is 16.7 Å². The minimum Gasteiger partial charge on any atom is -0.748 e. The maximum atomic E-state index is 10.4. The number of hydrogen-bond donors (Lipinski definition) is 0. The fourth-order valence-electron chi connectivity index (χ4n) is 1.54. The Morgan fingerprint density at radius 3 is 2.27 bits per heavy atom. The van der Waals surface area contributed by atoms with Gasteiger partial charge in [-0.3, -0.25) is 0 Å². The molecule has 84 valence electrons. The van der Waals surface area contributed by atoms with E-state index in [9.17, 15) is 13.0 Å². The molecule has 0 unspecified atom stereocenters. The highest BCUT2D eigenvalue weighted by Gasteiger charge is 2.09. The van der Waals surface area contributed by atoms with Crippen molar-refractivity contribution in [1.29, 1.82) is 0 Å². The molecule has 0 aliphatic rings. The lowest BCUT2D eigenvalue weighted by molar-refractivity contribution is -0.708. The van der Waals surface area contributed by atoms with Gasteiger partial charge in [0.25, 0.3) is 0 Å². The fraction of sp³-hybridized carbons (Fsp3) is 0.500. The van der Waals surface area contributed by atoms with E-state index in [2.05, 4.69) is 0 Å². The highest BCUT2D eigenvalue weighted by Crippen LogP contribution is 1.96. The molecule has 0 saturated heterocycles. The van der Waals surface area contributed by atoms with Gasteiger partial charge in [0.05, 0.1) is 10.1 Å². The molecule has 0 spiro atoms. The molecule has 1 rings (SSSR count). The molecular weight excluding hydrogens is 214 g/mol. The Labute approximate surface area is 90.3 Å². The standard InChI is InChI=1S/C10H15NO3S/c1-9-5-3-6-10(2)11(9)7-4-8-15(12,13)14/h3,5-6H,4,7-8H2,1-2H3. The normalized spacial score (nSPS) is 11.7. The average Bonchev–Trinajstić information content (AvgIpc) is 2.08. The van der Waals surface area contributed by atoms with Crippen molar-refractivity contribution in [2.24, 2.45) is 0 Å². The molecular formula is C10H15NO3S. The molecule has 1 aromatic heterocycles. The molecule has 0 fully saturated rings. The lowest BCUT2D eigenvalue weighted by Gasteiger charge is -2.06. The Balaban J connectivity index is 2.66. The maximum Gasteiger partial charge on any atom is 0.178 e. The summed E-state index contributed by atoms with van der Waals surface area (Å²) in [6, 6.07) is 5.86. The van der Waals surface area contributed by atoms with Crippen LogP contribution in [0, 0.1) is 13.8 Å². The number of pyridine rings is 1. The van der Waals surface area contributed by atoms with Crippen LogP contribution in [0.5, 0.6) is 0 Å². The van der Waals surface area contributed by atoms with Gasteiger partial charge in [0.1, 0.15) is 6.54 Å². The predicted octanol–water partition coefficient (Wildman–Crippen LogP) is 0.526. The summed E-state index contributed by atoms with van der Waals surface area (Å²) in [5, 5.41) is 0. The molecule has 0 aliphatic carbocycles. The summed E-state index contributed by atoms with van der Waals surface area (Å²) in [6.07, 6.45) is 0.363. The van der Waals surface area contributed by atoms with Crippen molar-refractivity contribution in [3.8, 4) is 0 Å². The summed E-state index contributed by atoms with van der Waals surface area (Å²) in [5.74, 6) is -0.298. The van der Waals surface area contributed by atoms with Gasteiger partial charge in [-0.15, -0.1) is 0 Å². The van der Waals surface area contributed by atoms with Crippen molar-refractivity contribution in [2.45, 2.75) is 26.8 Å². The first-order valence-corrected chi connectivity index (χ1v) is 6.37. The van der Waals surface area contributed by atoms with Crippen LogP contribution in [0.2, 0.25) is 0 Å². The zero-order chi connectivity index (χ0) is 11.5. The minimum absolute atomic E-state index is 0.298. The first kappa shape index (κ1) is 12.1. The number of aromatic nitrogens is 1. The second-order valence-corrected chi connectivity index (χ2v) is 5.10. The van der Waals surface area contributed by atoms with Crippen LogP contribution >= 0.6 is 0 Å². The highest BCUT2D eigenvalue weighted by atomic mass is 32.2. The summed E-state index contributed by atoms with van der Waals surface area (Å²) in [5.41, 5.74) is 2.14. The van der Waals surface area contributed by atoms with Crippen LogP contribution < -0.4 is 4.57 Å². The molecule has 5 heteroatoms. The fourth-order valence-corrected chi connectivity index (χ4v) is 2.02. The van der Waals surface area contributed by atoms with E-state index < -0.39 is 10.1 Å². The first-order chi connectivity index (χ1) is 6.90. The molecule has 15 heavy (non-hydrogen) atoms. The van der Waals surface area contributed by atoms with Gasteiger partial charge in [-0.1, -0.05) is 0 Å². The van der Waals surface area contributed by atoms with Gasteiger partial charge in [0, 0.05) is 38.2 Å². The van der Waals surface area contributed by atoms with Crippen LogP contribution in [0.15, 0.2) is 18.2 Å². The van der Waals surface area contributed by atoms with Gasteiger partial charge in [-0.2, -0.15) is 0 Å². The third-order valence-electron chi connectivity index (χ3n) is 2.30. The van der Waals surface area contributed by atoms with Gasteiger partial charge in [-0.25, -0.2) is 13.0 Å². The molecule has 0 bridgehead atoms. The van der Waals surface area contributed by atoms with Crippen LogP contribution in [0.4, 0.5) is 0 Å². The monoisotopic (exact) mass is 229 g/mol. The summed E-state index contributed by atoms with van der Waals surface area (Å²) in [7, 11) is -4.08. The molecule has 0 saturated carbocycles. The summed E-state index contributed by atoms with van der Waals surface area (Å²) < 4.78 is 33.3. The van der Waals surface area contributed by atoms with E-state index in [1.165, 1.54) is 0 Å². The second-order valence-electron chi connectivity index (χ2n) is 3.58. The molecule has 0 atom stereocenters. The topological polar surface area (TPSA) is 61.1 Å². The van der Waals surface area contributed by atoms with Crippen molar-refractivity contribution in [3.63, 3.8) is 0 Å². The Kier molecular flexibility index (Phi) is 3.82. The minimum atomic E-state index is -4.08. The second kappa shape index (κ2) is 4.72. The smallest absolute Gasteiger partial charge is 0.178 e. The van der Waals surface area contributed by atoms with Crippen molar-refractivity contribution >= 4 is 10.1 Å². The quantitative estimate of drug-likeness (QED) is 0.559. The Morgan fingerprint density at radius 2 is 1.80 bits per heavy atom. The van der Waals surface area contributed by atoms with Crippen molar-refractivity contribution in [2.75, 3.05) is 5.75 Å². The van der Waals surface area contributed by atoms with Gasteiger partial charge < -0.3 is 4.55 Å². The Hall–Kier alpha value is -0.940. The zero-order valence-electron chi connectivity index (χ0n) is 8.93. The van der Waals surface area contributed by atoms with Gasteiger partial charge in [0.15, 0.2) is 11.4 Å². The van der Waals surface area contributed by atoms with Gasteiger partial charge in [-0.05, 0) is 6.07 Å². The van der Waals surface area contributed by atoms with Gasteiger partial charge >= 0.3 is 0 Å². The molecule has 0 amide bonds. The first-order valence-electron chi connectivity index (χ1n) is 4.80. The largest absolute Gasteiger partial charge is 0.748 e. The SMILES string of the molecule is Cc1cccc(C)[n+]1CCCS(=O)(=O)[O-]. The maximum absolute atomic E-state index is 10.4. The van der Waals surface area contributed by atoms with Gasteiger partial charge in [0.2, 0.25) is 0 Å². The number of rotatable bonds is 4. The molecule has 4 nitrogen and oxygen atoms in total. The number of nitrogens with zero attached hydrogens (tertiary/aromatic N) is 1. The Morgan fingerprint density at radius 1 is 1.27 bits per heavy atom. The molecule has 0 N–H and O–H groups in total. The molecule has 0 aliphatic heterocycles. The number of hydrogen-bond acceptors (Lipinski definition) is 3. The summed E-state index contributed by atoms with van der Waals surface area (Å²) >= 11 is 0. The Bertz CT molecular complexity index is 420. The summed E-state index contributed by atoms with van der Waals surface area (Å²) in [4.78, 5) is 0. The van der Waals surface area contributed by atoms with Crippen molar-refractivity contribution < 1.29 is 17.5 Å². The zero-order valence-corrected chi connectivity index (χ0v) is 9.75. The van der Waals surface area contributed by atoms with Crippen molar-refractivity contribution in [3.05, 3.63) is 29.6 Å². The predicted molar refractivity (Wildman–Crippen MR) is 55.3 cm³/mol. The van der Waals surface area contributed by atoms with E-state index in [0.717, 1.165) is 11.4 Å². The highest BCUT2D eigenvalue weighted by molar-refractivity contribution is 7.85. The summed E-state index contributed by atoms with van der Waals surface area (Å²) in [6.45, 7) is 4.48. The lowest BCUT2D eigenvalue weighted by atomic mass is 10.3. The van der Waals surface area contributed by atoms with Crippen LogP contribution in [0.25, 0.3) is 0 Å². The van der Waals surface area contributed by atoms with E-state index in [4.69, 9.17) is 0 Å². The molecule has 0 aromatic carbocycles. The van der Waals surface area contributed by atoms with Crippen LogP contribution in [0.1, 0.15) is 17.8 Å². The van der Waals surface area contributed by atoms with Crippen molar-refractivity contribution in [1.82, 2.24) is 0 Å². The number of aryl methyl sites for hydroxylation is 2. The van der Waals surface area contributed by atoms with E-state index in [1.54, 1.807) is 0 Å². The van der Waals surface area contributed by atoms with E-state index in [-0.39, 0.29) is 5.75 Å². The molecule has 1 heterocycles. The van der Waals surface area contributed by atoms with E-state index in [0.29, 0.717) is 13.0 Å². The lowest BCUT2D eigenvalue weighted by Crippen LogP contribution is -2.40. The average molecular weight is 229 g/mol. The third-order valence-corrected chi connectivity index (χ3v) is 3.09.